The van der Waals surface area contributed by atoms with Crippen LogP contribution in [0.1, 0.15) is 11.1 Å². The summed E-state index contributed by atoms with van der Waals surface area (Å²) in [5.41, 5.74) is 2.39. The van der Waals surface area contributed by atoms with Gasteiger partial charge in [0.25, 0.3) is 0 Å². The molecular weight excluding hydrogens is 262 g/mol. The van der Waals surface area contributed by atoms with Crippen LogP contribution in [0.5, 0.6) is 5.75 Å². The van der Waals surface area contributed by atoms with Gasteiger partial charge in [0.15, 0.2) is 0 Å². The number of halogens is 1. The Morgan fingerprint density at radius 2 is 1.95 bits per heavy atom. The molecule has 1 aromatic carbocycles. The van der Waals surface area contributed by atoms with Crippen LogP contribution in [0.4, 0.5) is 5.82 Å². The first-order valence-corrected chi connectivity index (χ1v) is 6.43. The monoisotopic (exact) mass is 277 g/mol. The third-order valence-electron chi connectivity index (χ3n) is 2.53. The molecule has 0 radical (unpaired) electrons. The lowest BCUT2D eigenvalue weighted by Crippen LogP contribution is -2.12. The summed E-state index contributed by atoms with van der Waals surface area (Å²) in [7, 11) is 0. The fraction of sp³-hybridized carbons (Fsp3) is 0.286. The Kier molecular flexibility index (Phi) is 4.58. The Hall–Kier alpha value is -1.81. The second-order valence-electron chi connectivity index (χ2n) is 4.32. The van der Waals surface area contributed by atoms with Gasteiger partial charge in [0.05, 0.1) is 12.7 Å². The fourth-order valence-corrected chi connectivity index (χ4v) is 1.97. The van der Waals surface area contributed by atoms with Gasteiger partial charge in [-0.1, -0.05) is 17.7 Å². The van der Waals surface area contributed by atoms with E-state index < -0.39 is 0 Å². The van der Waals surface area contributed by atoms with Gasteiger partial charge in [-0.2, -0.15) is 0 Å². The van der Waals surface area contributed by atoms with Crippen molar-refractivity contribution in [1.29, 1.82) is 0 Å². The van der Waals surface area contributed by atoms with E-state index in [4.69, 9.17) is 16.3 Å². The summed E-state index contributed by atoms with van der Waals surface area (Å²) in [6.07, 6.45) is 3.01. The highest BCUT2D eigenvalue weighted by atomic mass is 35.5. The molecule has 5 heteroatoms. The predicted octanol–water partition coefficient (Wildman–Crippen LogP) is 3.24. The summed E-state index contributed by atoms with van der Waals surface area (Å²) < 4.78 is 5.68. The predicted molar refractivity (Wildman–Crippen MR) is 76.9 cm³/mol. The van der Waals surface area contributed by atoms with Crippen molar-refractivity contribution >= 4 is 17.4 Å². The van der Waals surface area contributed by atoms with Gasteiger partial charge < -0.3 is 10.1 Å². The highest BCUT2D eigenvalue weighted by Crippen LogP contribution is 2.17. The number of aryl methyl sites for hydroxylation is 2. The number of nitrogens with zero attached hydrogens (tertiary/aromatic N) is 2. The van der Waals surface area contributed by atoms with E-state index in [0.717, 1.165) is 5.75 Å². The number of hydrogen-bond donors (Lipinski definition) is 1. The summed E-state index contributed by atoms with van der Waals surface area (Å²) in [5, 5.41) is 3.61. The molecule has 1 aromatic heterocycles. The zero-order valence-corrected chi connectivity index (χ0v) is 11.7. The molecule has 0 unspecified atom stereocenters. The maximum Gasteiger partial charge on any atom is 0.148 e. The van der Waals surface area contributed by atoms with Crippen LogP contribution in [0.3, 0.4) is 0 Å². The van der Waals surface area contributed by atoms with Gasteiger partial charge in [-0.3, -0.25) is 0 Å². The standard InChI is InChI=1S/C14H16ClN3O/c1-10-5-11(2)7-12(6-10)19-4-3-17-14-13(15)8-16-9-18-14/h5-9H,3-4H2,1-2H3,(H,16,17,18). The molecule has 0 fully saturated rings. The van der Waals surface area contributed by atoms with Crippen LogP contribution in [0.15, 0.2) is 30.7 Å². The van der Waals surface area contributed by atoms with E-state index in [1.807, 2.05) is 12.1 Å². The molecule has 0 atom stereocenters. The third-order valence-corrected chi connectivity index (χ3v) is 2.80. The molecule has 2 rings (SSSR count). The Balaban J connectivity index is 1.82. The largest absolute Gasteiger partial charge is 0.492 e. The first-order valence-electron chi connectivity index (χ1n) is 6.05. The molecule has 0 spiro atoms. The molecule has 1 heterocycles. The van der Waals surface area contributed by atoms with Crippen molar-refractivity contribution in [2.75, 3.05) is 18.5 Å². The molecule has 0 aliphatic carbocycles. The molecule has 0 amide bonds. The minimum Gasteiger partial charge on any atom is -0.492 e. The lowest BCUT2D eigenvalue weighted by atomic mass is 10.1. The molecule has 0 saturated heterocycles. The molecule has 100 valence electrons. The topological polar surface area (TPSA) is 47.0 Å². The molecule has 0 aliphatic rings. The maximum atomic E-state index is 5.93. The van der Waals surface area contributed by atoms with Crippen molar-refractivity contribution in [3.63, 3.8) is 0 Å². The highest BCUT2D eigenvalue weighted by molar-refractivity contribution is 6.32. The Labute approximate surface area is 117 Å². The van der Waals surface area contributed by atoms with Crippen LogP contribution >= 0.6 is 11.6 Å². The van der Waals surface area contributed by atoms with Gasteiger partial charge in [0.1, 0.15) is 29.5 Å². The molecule has 19 heavy (non-hydrogen) atoms. The van der Waals surface area contributed by atoms with E-state index in [1.54, 1.807) is 6.20 Å². The first-order chi connectivity index (χ1) is 9.15. The minimum atomic E-state index is 0.508. The normalized spacial score (nSPS) is 10.3. The van der Waals surface area contributed by atoms with Crippen molar-refractivity contribution in [3.8, 4) is 5.75 Å². The van der Waals surface area contributed by atoms with E-state index in [2.05, 4.69) is 35.2 Å². The van der Waals surface area contributed by atoms with E-state index in [9.17, 15) is 0 Å². The average molecular weight is 278 g/mol. The molecule has 1 N–H and O–H groups in total. The van der Waals surface area contributed by atoms with Gasteiger partial charge in [-0.25, -0.2) is 9.97 Å². The van der Waals surface area contributed by atoms with Gasteiger partial charge in [0, 0.05) is 0 Å². The van der Waals surface area contributed by atoms with Crippen LogP contribution < -0.4 is 10.1 Å². The second-order valence-corrected chi connectivity index (χ2v) is 4.73. The van der Waals surface area contributed by atoms with Gasteiger partial charge >= 0.3 is 0 Å². The second kappa shape index (κ2) is 6.38. The number of ether oxygens (including phenoxy) is 1. The molecule has 0 bridgehead atoms. The Morgan fingerprint density at radius 1 is 1.21 bits per heavy atom. The number of rotatable bonds is 5. The molecule has 4 nitrogen and oxygen atoms in total. The molecule has 0 saturated carbocycles. The van der Waals surface area contributed by atoms with Crippen molar-refractivity contribution in [1.82, 2.24) is 9.97 Å². The zero-order valence-electron chi connectivity index (χ0n) is 11.0. The van der Waals surface area contributed by atoms with E-state index in [-0.39, 0.29) is 0 Å². The number of hydrogen-bond acceptors (Lipinski definition) is 4. The van der Waals surface area contributed by atoms with Gasteiger partial charge in [0.2, 0.25) is 0 Å². The van der Waals surface area contributed by atoms with Crippen LogP contribution in [-0.4, -0.2) is 23.1 Å². The van der Waals surface area contributed by atoms with Crippen LogP contribution in [0.25, 0.3) is 0 Å². The van der Waals surface area contributed by atoms with Crippen LogP contribution in [-0.2, 0) is 0 Å². The van der Waals surface area contributed by atoms with E-state index >= 15 is 0 Å². The van der Waals surface area contributed by atoms with Crippen molar-refractivity contribution in [3.05, 3.63) is 46.9 Å². The Morgan fingerprint density at radius 3 is 2.63 bits per heavy atom. The van der Waals surface area contributed by atoms with Gasteiger partial charge in [-0.05, 0) is 37.1 Å². The summed E-state index contributed by atoms with van der Waals surface area (Å²) in [6, 6.07) is 6.15. The number of benzene rings is 1. The summed E-state index contributed by atoms with van der Waals surface area (Å²) >= 11 is 5.93. The maximum absolute atomic E-state index is 5.93. The van der Waals surface area contributed by atoms with E-state index in [0.29, 0.717) is 24.0 Å². The van der Waals surface area contributed by atoms with Crippen molar-refractivity contribution in [2.45, 2.75) is 13.8 Å². The SMILES string of the molecule is Cc1cc(C)cc(OCCNc2ncncc2Cl)c1. The van der Waals surface area contributed by atoms with Crippen LogP contribution in [0.2, 0.25) is 5.02 Å². The average Bonchev–Trinajstić information content (AvgIpc) is 2.35. The smallest absolute Gasteiger partial charge is 0.148 e. The summed E-state index contributed by atoms with van der Waals surface area (Å²) in [6.45, 7) is 5.28. The highest BCUT2D eigenvalue weighted by Gasteiger charge is 2.00. The summed E-state index contributed by atoms with van der Waals surface area (Å²) in [4.78, 5) is 7.87. The number of aromatic nitrogens is 2. The lowest BCUT2D eigenvalue weighted by molar-refractivity contribution is 0.332. The van der Waals surface area contributed by atoms with Crippen LogP contribution in [0, 0.1) is 13.8 Å². The lowest BCUT2D eigenvalue weighted by Gasteiger charge is -2.10. The number of nitrogens with one attached hydrogen (secondary N) is 1. The van der Waals surface area contributed by atoms with Crippen molar-refractivity contribution in [2.24, 2.45) is 0 Å². The quantitative estimate of drug-likeness (QED) is 0.853. The fourth-order valence-electron chi connectivity index (χ4n) is 1.80. The molecule has 2 aromatic rings. The Bertz CT molecular complexity index is 540. The zero-order chi connectivity index (χ0) is 13.7. The first kappa shape index (κ1) is 13.6. The third kappa shape index (κ3) is 4.10. The summed E-state index contributed by atoms with van der Waals surface area (Å²) in [5.74, 6) is 1.51. The van der Waals surface area contributed by atoms with E-state index in [1.165, 1.54) is 17.5 Å². The minimum absolute atomic E-state index is 0.508. The number of anilines is 1. The van der Waals surface area contributed by atoms with Gasteiger partial charge in [-0.15, -0.1) is 0 Å². The van der Waals surface area contributed by atoms with Crippen molar-refractivity contribution < 1.29 is 4.74 Å². The molecule has 0 aliphatic heterocycles. The molecular formula is C14H16ClN3O.